The zero-order valence-corrected chi connectivity index (χ0v) is 11.4. The van der Waals surface area contributed by atoms with E-state index in [-0.39, 0.29) is 0 Å². The van der Waals surface area contributed by atoms with E-state index in [9.17, 15) is 0 Å². The van der Waals surface area contributed by atoms with Crippen molar-refractivity contribution >= 4 is 15.9 Å². The lowest BCUT2D eigenvalue weighted by molar-refractivity contribution is 0.113. The molecule has 3 heterocycles. The summed E-state index contributed by atoms with van der Waals surface area (Å²) in [4.78, 5) is 6.74. The SMILES string of the molecule is Brc1cncc(OCC23CCCN2CCC3)c1. The lowest BCUT2D eigenvalue weighted by Gasteiger charge is -2.31. The number of hydrogen-bond acceptors (Lipinski definition) is 3. The van der Waals surface area contributed by atoms with Crippen LogP contribution >= 0.6 is 15.9 Å². The average Bonchev–Trinajstić information content (AvgIpc) is 2.85. The monoisotopic (exact) mass is 296 g/mol. The lowest BCUT2D eigenvalue weighted by Crippen LogP contribution is -2.43. The molecule has 0 aliphatic carbocycles. The Balaban J connectivity index is 1.67. The van der Waals surface area contributed by atoms with Crippen LogP contribution in [0, 0.1) is 0 Å². The van der Waals surface area contributed by atoms with Gasteiger partial charge in [0.1, 0.15) is 12.4 Å². The molecule has 2 fully saturated rings. The first-order valence-corrected chi connectivity index (χ1v) is 7.06. The van der Waals surface area contributed by atoms with E-state index >= 15 is 0 Å². The average molecular weight is 297 g/mol. The van der Waals surface area contributed by atoms with Gasteiger partial charge >= 0.3 is 0 Å². The van der Waals surface area contributed by atoms with Crippen molar-refractivity contribution in [1.29, 1.82) is 0 Å². The number of aromatic nitrogens is 1. The standard InChI is InChI=1S/C13H17BrN2O/c14-11-7-12(9-15-8-11)17-10-13-3-1-5-16(13)6-2-4-13/h7-9H,1-6,10H2. The zero-order valence-electron chi connectivity index (χ0n) is 9.86. The van der Waals surface area contributed by atoms with Crippen LogP contribution in [0.3, 0.4) is 0 Å². The Labute approximate surface area is 110 Å². The summed E-state index contributed by atoms with van der Waals surface area (Å²) in [7, 11) is 0. The third-order valence-electron chi connectivity index (χ3n) is 4.00. The third kappa shape index (κ3) is 2.20. The molecule has 2 aliphatic rings. The van der Waals surface area contributed by atoms with Gasteiger partial charge in [-0.15, -0.1) is 0 Å². The molecular formula is C13H17BrN2O. The van der Waals surface area contributed by atoms with E-state index in [0.717, 1.165) is 16.8 Å². The highest BCUT2D eigenvalue weighted by Crippen LogP contribution is 2.39. The Morgan fingerprint density at radius 2 is 2.06 bits per heavy atom. The van der Waals surface area contributed by atoms with E-state index < -0.39 is 0 Å². The minimum Gasteiger partial charge on any atom is -0.490 e. The third-order valence-corrected chi connectivity index (χ3v) is 4.43. The molecule has 3 rings (SSSR count). The van der Waals surface area contributed by atoms with E-state index in [1.54, 1.807) is 12.4 Å². The van der Waals surface area contributed by atoms with Crippen molar-refractivity contribution in [1.82, 2.24) is 9.88 Å². The van der Waals surface area contributed by atoms with Crippen molar-refractivity contribution in [3.8, 4) is 5.75 Å². The van der Waals surface area contributed by atoms with Crippen molar-refractivity contribution in [3.05, 3.63) is 22.9 Å². The van der Waals surface area contributed by atoms with Crippen LogP contribution in [-0.4, -0.2) is 35.1 Å². The maximum absolute atomic E-state index is 5.94. The highest BCUT2D eigenvalue weighted by Gasteiger charge is 2.44. The van der Waals surface area contributed by atoms with Gasteiger partial charge in [-0.2, -0.15) is 0 Å². The summed E-state index contributed by atoms with van der Waals surface area (Å²) in [6.07, 6.45) is 8.78. The number of ether oxygens (including phenoxy) is 1. The van der Waals surface area contributed by atoms with Crippen LogP contribution in [0.5, 0.6) is 5.75 Å². The maximum atomic E-state index is 5.94. The van der Waals surface area contributed by atoms with E-state index in [1.165, 1.54) is 38.8 Å². The molecule has 0 aromatic carbocycles. The number of nitrogens with zero attached hydrogens (tertiary/aromatic N) is 2. The Morgan fingerprint density at radius 1 is 1.29 bits per heavy atom. The van der Waals surface area contributed by atoms with Crippen molar-refractivity contribution in [2.45, 2.75) is 31.2 Å². The molecule has 2 saturated heterocycles. The number of rotatable bonds is 3. The van der Waals surface area contributed by atoms with Crippen molar-refractivity contribution in [2.75, 3.05) is 19.7 Å². The minimum atomic E-state index is 0.322. The number of pyridine rings is 1. The van der Waals surface area contributed by atoms with Crippen molar-refractivity contribution in [3.63, 3.8) is 0 Å². The van der Waals surface area contributed by atoms with Gasteiger partial charge in [0, 0.05) is 10.7 Å². The van der Waals surface area contributed by atoms with Gasteiger partial charge in [0.15, 0.2) is 0 Å². The summed E-state index contributed by atoms with van der Waals surface area (Å²) >= 11 is 3.42. The molecule has 1 aromatic heterocycles. The van der Waals surface area contributed by atoms with Gasteiger partial charge in [-0.1, -0.05) is 0 Å². The van der Waals surface area contributed by atoms with Gasteiger partial charge in [-0.05, 0) is 60.8 Å². The maximum Gasteiger partial charge on any atom is 0.138 e. The number of halogens is 1. The van der Waals surface area contributed by atoms with Crippen molar-refractivity contribution in [2.24, 2.45) is 0 Å². The first kappa shape index (κ1) is 11.5. The molecule has 0 spiro atoms. The fourth-order valence-electron chi connectivity index (χ4n) is 3.15. The van der Waals surface area contributed by atoms with Crippen LogP contribution in [0.4, 0.5) is 0 Å². The van der Waals surface area contributed by atoms with Crippen LogP contribution in [-0.2, 0) is 0 Å². The smallest absolute Gasteiger partial charge is 0.138 e. The Kier molecular flexibility index (Phi) is 3.09. The van der Waals surface area contributed by atoms with E-state index in [4.69, 9.17) is 4.74 Å². The molecule has 0 radical (unpaired) electrons. The largest absolute Gasteiger partial charge is 0.490 e. The van der Waals surface area contributed by atoms with Crippen LogP contribution in [0.25, 0.3) is 0 Å². The number of hydrogen-bond donors (Lipinski definition) is 0. The molecule has 0 N–H and O–H groups in total. The Morgan fingerprint density at radius 3 is 2.76 bits per heavy atom. The summed E-state index contributed by atoms with van der Waals surface area (Å²) in [5, 5.41) is 0. The van der Waals surface area contributed by atoms with Crippen molar-refractivity contribution < 1.29 is 4.74 Å². The van der Waals surface area contributed by atoms with Gasteiger partial charge in [0.2, 0.25) is 0 Å². The first-order valence-electron chi connectivity index (χ1n) is 6.27. The molecule has 17 heavy (non-hydrogen) atoms. The van der Waals surface area contributed by atoms with Gasteiger partial charge in [0.05, 0.1) is 11.7 Å². The quantitative estimate of drug-likeness (QED) is 0.858. The van der Waals surface area contributed by atoms with Crippen LogP contribution < -0.4 is 4.74 Å². The summed E-state index contributed by atoms with van der Waals surface area (Å²) in [6.45, 7) is 3.31. The zero-order chi connectivity index (χ0) is 11.7. The second kappa shape index (κ2) is 4.58. The molecule has 3 nitrogen and oxygen atoms in total. The summed E-state index contributed by atoms with van der Waals surface area (Å²) in [6, 6.07) is 1.98. The van der Waals surface area contributed by atoms with Gasteiger partial charge in [-0.25, -0.2) is 0 Å². The second-order valence-electron chi connectivity index (χ2n) is 5.05. The molecule has 0 atom stereocenters. The van der Waals surface area contributed by atoms with Gasteiger partial charge in [-0.3, -0.25) is 9.88 Å². The predicted octanol–water partition coefficient (Wildman–Crippen LogP) is 2.85. The summed E-state index contributed by atoms with van der Waals surface area (Å²) in [5.41, 5.74) is 0.322. The van der Waals surface area contributed by atoms with E-state index in [2.05, 4.69) is 25.8 Å². The lowest BCUT2D eigenvalue weighted by atomic mass is 9.95. The van der Waals surface area contributed by atoms with Gasteiger partial charge < -0.3 is 4.74 Å². The van der Waals surface area contributed by atoms with Crippen LogP contribution in [0.15, 0.2) is 22.9 Å². The second-order valence-corrected chi connectivity index (χ2v) is 5.96. The minimum absolute atomic E-state index is 0.322. The fourth-order valence-corrected chi connectivity index (χ4v) is 3.49. The summed E-state index contributed by atoms with van der Waals surface area (Å²) in [5.74, 6) is 0.868. The molecule has 1 aromatic rings. The Hall–Kier alpha value is -0.610. The first-order chi connectivity index (χ1) is 8.28. The molecule has 92 valence electrons. The fraction of sp³-hybridized carbons (Fsp3) is 0.615. The highest BCUT2D eigenvalue weighted by molar-refractivity contribution is 9.10. The van der Waals surface area contributed by atoms with E-state index in [1.807, 2.05) is 6.07 Å². The topological polar surface area (TPSA) is 25.4 Å². The molecule has 2 aliphatic heterocycles. The van der Waals surface area contributed by atoms with Crippen LogP contribution in [0.2, 0.25) is 0 Å². The predicted molar refractivity (Wildman–Crippen MR) is 70.2 cm³/mol. The molecule has 4 heteroatoms. The summed E-state index contributed by atoms with van der Waals surface area (Å²) < 4.78 is 6.92. The van der Waals surface area contributed by atoms with E-state index in [0.29, 0.717) is 5.54 Å². The molecular weight excluding hydrogens is 280 g/mol. The molecule has 0 saturated carbocycles. The Bertz CT molecular complexity index is 400. The normalized spacial score (nSPS) is 22.6. The van der Waals surface area contributed by atoms with Crippen LogP contribution in [0.1, 0.15) is 25.7 Å². The highest BCUT2D eigenvalue weighted by atomic mass is 79.9. The number of fused-ring (bicyclic) bond motifs is 1. The molecule has 0 amide bonds. The molecule has 0 bridgehead atoms. The molecule has 0 unspecified atom stereocenters. The van der Waals surface area contributed by atoms with Gasteiger partial charge in [0.25, 0.3) is 0 Å².